The Morgan fingerprint density at radius 3 is 2.52 bits per heavy atom. The van der Waals surface area contributed by atoms with E-state index in [0.717, 1.165) is 17.7 Å². The van der Waals surface area contributed by atoms with Crippen LogP contribution in [0.15, 0.2) is 42.6 Å². The second-order valence-electron chi connectivity index (χ2n) is 5.18. The van der Waals surface area contributed by atoms with E-state index in [1.165, 1.54) is 12.1 Å². The first-order valence-electron chi connectivity index (χ1n) is 7.23. The van der Waals surface area contributed by atoms with Gasteiger partial charge in [-0.2, -0.15) is 0 Å². The molecule has 1 heterocycles. The van der Waals surface area contributed by atoms with Gasteiger partial charge in [0.2, 0.25) is 5.88 Å². The maximum atomic E-state index is 13.0. The molecule has 0 aliphatic heterocycles. The van der Waals surface area contributed by atoms with Gasteiger partial charge in [0.15, 0.2) is 0 Å². The molecule has 2 rings (SSSR count). The van der Waals surface area contributed by atoms with Gasteiger partial charge in [-0.1, -0.05) is 19.1 Å². The van der Waals surface area contributed by atoms with E-state index >= 15 is 0 Å². The van der Waals surface area contributed by atoms with Gasteiger partial charge in [0.25, 0.3) is 0 Å². The van der Waals surface area contributed by atoms with Crippen LogP contribution in [0.3, 0.4) is 0 Å². The van der Waals surface area contributed by atoms with Crippen LogP contribution in [0, 0.1) is 5.82 Å². The third-order valence-corrected chi connectivity index (χ3v) is 3.13. The van der Waals surface area contributed by atoms with E-state index in [1.54, 1.807) is 18.3 Å². The summed E-state index contributed by atoms with van der Waals surface area (Å²) in [5.74, 6) is 0.367. The van der Waals surface area contributed by atoms with Crippen LogP contribution in [0.5, 0.6) is 5.88 Å². The fourth-order valence-electron chi connectivity index (χ4n) is 2.12. The molecule has 0 spiro atoms. The normalized spacial score (nSPS) is 12.2. The molecule has 0 bridgehead atoms. The number of pyridine rings is 1. The molecule has 1 aromatic heterocycles. The monoisotopic (exact) mass is 288 g/mol. The van der Waals surface area contributed by atoms with Crippen molar-refractivity contribution in [2.45, 2.75) is 39.3 Å². The van der Waals surface area contributed by atoms with Gasteiger partial charge in [-0.15, -0.1) is 0 Å². The number of anilines is 1. The number of rotatable bonds is 6. The maximum absolute atomic E-state index is 13.0. The molecule has 0 fully saturated rings. The third kappa shape index (κ3) is 4.18. The summed E-state index contributed by atoms with van der Waals surface area (Å²) in [6.45, 7) is 6.02. The summed E-state index contributed by atoms with van der Waals surface area (Å²) in [5.41, 5.74) is 1.89. The van der Waals surface area contributed by atoms with Gasteiger partial charge in [0, 0.05) is 6.20 Å². The van der Waals surface area contributed by atoms with Crippen LogP contribution in [-0.4, -0.2) is 11.1 Å². The zero-order valence-corrected chi connectivity index (χ0v) is 12.6. The molecule has 1 aromatic carbocycles. The van der Waals surface area contributed by atoms with E-state index in [0.29, 0.717) is 5.88 Å². The molecule has 1 unspecified atom stereocenters. The highest BCUT2D eigenvalue weighted by atomic mass is 19.1. The Balaban J connectivity index is 2.20. The van der Waals surface area contributed by atoms with Crippen LogP contribution in [0.1, 0.15) is 38.8 Å². The van der Waals surface area contributed by atoms with Crippen molar-refractivity contribution in [1.29, 1.82) is 0 Å². The predicted molar refractivity (Wildman–Crippen MR) is 83.1 cm³/mol. The van der Waals surface area contributed by atoms with E-state index in [1.807, 2.05) is 26.0 Å². The first kappa shape index (κ1) is 15.3. The second kappa shape index (κ2) is 7.07. The van der Waals surface area contributed by atoms with E-state index < -0.39 is 0 Å². The molecule has 0 saturated heterocycles. The molecular formula is C17H21FN2O. The first-order valence-corrected chi connectivity index (χ1v) is 7.23. The first-order chi connectivity index (χ1) is 10.1. The lowest BCUT2D eigenvalue weighted by atomic mass is 10.0. The quantitative estimate of drug-likeness (QED) is 0.845. The largest absolute Gasteiger partial charge is 0.473 e. The van der Waals surface area contributed by atoms with E-state index in [4.69, 9.17) is 4.74 Å². The van der Waals surface area contributed by atoms with E-state index in [9.17, 15) is 4.39 Å². The SMILES string of the molecule is CCC(Nc1cccnc1OC(C)C)c1ccc(F)cc1. The Labute approximate surface area is 125 Å². The van der Waals surface area contributed by atoms with Gasteiger partial charge >= 0.3 is 0 Å². The van der Waals surface area contributed by atoms with Gasteiger partial charge in [0.1, 0.15) is 5.82 Å². The molecule has 4 heteroatoms. The lowest BCUT2D eigenvalue weighted by Gasteiger charge is -2.21. The van der Waals surface area contributed by atoms with Crippen molar-refractivity contribution in [2.24, 2.45) is 0 Å². The standard InChI is InChI=1S/C17H21FN2O/c1-4-15(13-7-9-14(18)10-8-13)20-16-6-5-11-19-17(16)21-12(2)3/h5-12,15,20H,4H2,1-3H3. The number of ether oxygens (including phenoxy) is 1. The summed E-state index contributed by atoms with van der Waals surface area (Å²) < 4.78 is 18.8. The van der Waals surface area contributed by atoms with E-state index in [-0.39, 0.29) is 18.0 Å². The molecule has 1 atom stereocenters. The number of benzene rings is 1. The van der Waals surface area contributed by atoms with Crippen molar-refractivity contribution in [3.05, 3.63) is 54.0 Å². The minimum absolute atomic E-state index is 0.0614. The molecule has 0 aliphatic rings. The number of nitrogens with one attached hydrogen (secondary N) is 1. The highest BCUT2D eigenvalue weighted by molar-refractivity contribution is 5.53. The molecule has 112 valence electrons. The molecule has 0 aliphatic carbocycles. The molecule has 0 saturated carbocycles. The average molecular weight is 288 g/mol. The molecule has 2 aromatic rings. The number of hydrogen-bond donors (Lipinski definition) is 1. The lowest BCUT2D eigenvalue weighted by Crippen LogP contribution is -2.13. The van der Waals surface area contributed by atoms with Crippen LogP contribution < -0.4 is 10.1 Å². The van der Waals surface area contributed by atoms with Crippen LogP contribution in [0.2, 0.25) is 0 Å². The van der Waals surface area contributed by atoms with Gasteiger partial charge < -0.3 is 10.1 Å². The van der Waals surface area contributed by atoms with Gasteiger partial charge in [0.05, 0.1) is 17.8 Å². The summed E-state index contributed by atoms with van der Waals surface area (Å²) in [5, 5.41) is 3.43. The molecule has 21 heavy (non-hydrogen) atoms. The Morgan fingerprint density at radius 2 is 1.90 bits per heavy atom. The van der Waals surface area contributed by atoms with Crippen molar-refractivity contribution < 1.29 is 9.13 Å². The molecule has 1 N–H and O–H groups in total. The molecule has 0 amide bonds. The van der Waals surface area contributed by atoms with Crippen molar-refractivity contribution in [3.63, 3.8) is 0 Å². The lowest BCUT2D eigenvalue weighted by molar-refractivity contribution is 0.234. The number of aromatic nitrogens is 1. The fourth-order valence-corrected chi connectivity index (χ4v) is 2.12. The van der Waals surface area contributed by atoms with Crippen molar-refractivity contribution >= 4 is 5.69 Å². The Kier molecular flexibility index (Phi) is 5.14. The zero-order chi connectivity index (χ0) is 15.2. The summed E-state index contributed by atoms with van der Waals surface area (Å²) >= 11 is 0. The predicted octanol–water partition coefficient (Wildman–Crippen LogP) is 4.57. The fraction of sp³-hybridized carbons (Fsp3) is 0.353. The van der Waals surface area contributed by atoms with Gasteiger partial charge in [-0.3, -0.25) is 0 Å². The average Bonchev–Trinajstić information content (AvgIpc) is 2.47. The van der Waals surface area contributed by atoms with Gasteiger partial charge in [-0.05, 0) is 50.1 Å². The zero-order valence-electron chi connectivity index (χ0n) is 12.6. The van der Waals surface area contributed by atoms with Crippen molar-refractivity contribution in [2.75, 3.05) is 5.32 Å². The summed E-state index contributed by atoms with van der Waals surface area (Å²) in [6, 6.07) is 10.5. The molecule has 3 nitrogen and oxygen atoms in total. The maximum Gasteiger partial charge on any atom is 0.237 e. The summed E-state index contributed by atoms with van der Waals surface area (Å²) in [6.07, 6.45) is 2.65. The minimum Gasteiger partial charge on any atom is -0.473 e. The topological polar surface area (TPSA) is 34.2 Å². The Bertz CT molecular complexity index is 569. The van der Waals surface area contributed by atoms with E-state index in [2.05, 4.69) is 17.2 Å². The Hall–Kier alpha value is -2.10. The smallest absolute Gasteiger partial charge is 0.237 e. The third-order valence-electron chi connectivity index (χ3n) is 3.13. The highest BCUT2D eigenvalue weighted by Crippen LogP contribution is 2.28. The van der Waals surface area contributed by atoms with Crippen molar-refractivity contribution in [3.8, 4) is 5.88 Å². The summed E-state index contributed by atoms with van der Waals surface area (Å²) in [7, 11) is 0. The summed E-state index contributed by atoms with van der Waals surface area (Å²) in [4.78, 5) is 4.27. The second-order valence-corrected chi connectivity index (χ2v) is 5.18. The molecule has 0 radical (unpaired) electrons. The van der Waals surface area contributed by atoms with Crippen molar-refractivity contribution in [1.82, 2.24) is 4.98 Å². The molecular weight excluding hydrogens is 267 g/mol. The highest BCUT2D eigenvalue weighted by Gasteiger charge is 2.13. The number of nitrogens with zero attached hydrogens (tertiary/aromatic N) is 1. The van der Waals surface area contributed by atoms with Crippen LogP contribution >= 0.6 is 0 Å². The van der Waals surface area contributed by atoms with Crippen LogP contribution in [0.25, 0.3) is 0 Å². The van der Waals surface area contributed by atoms with Crippen LogP contribution in [0.4, 0.5) is 10.1 Å². The van der Waals surface area contributed by atoms with Gasteiger partial charge in [-0.25, -0.2) is 9.37 Å². The van der Waals surface area contributed by atoms with Crippen LogP contribution in [-0.2, 0) is 0 Å². The Morgan fingerprint density at radius 1 is 1.19 bits per heavy atom. The number of hydrogen-bond acceptors (Lipinski definition) is 3. The number of halogens is 1. The minimum atomic E-state index is -0.223.